The van der Waals surface area contributed by atoms with Crippen molar-refractivity contribution < 1.29 is 0 Å². The molecule has 1 saturated heterocycles. The van der Waals surface area contributed by atoms with E-state index < -0.39 is 0 Å². The molecular weight excluding hydrogens is 398 g/mol. The molecule has 164 valence electrons. The van der Waals surface area contributed by atoms with Crippen molar-refractivity contribution in [3.8, 4) is 0 Å². The molecule has 0 saturated carbocycles. The van der Waals surface area contributed by atoms with Crippen molar-refractivity contribution in [3.63, 3.8) is 0 Å². The molecule has 5 heterocycles. The van der Waals surface area contributed by atoms with Gasteiger partial charge in [-0.15, -0.1) is 0 Å². The molecule has 0 spiro atoms. The third-order valence-electron chi connectivity index (χ3n) is 6.31. The van der Waals surface area contributed by atoms with Crippen LogP contribution in [-0.4, -0.2) is 79.4 Å². The van der Waals surface area contributed by atoms with Crippen LogP contribution in [0.2, 0.25) is 0 Å². The Hall–Kier alpha value is -3.21. The summed E-state index contributed by atoms with van der Waals surface area (Å²) in [7, 11) is 3.18. The third-order valence-corrected chi connectivity index (χ3v) is 6.31. The van der Waals surface area contributed by atoms with Crippen LogP contribution in [0.1, 0.15) is 6.42 Å². The molecule has 3 aromatic heterocycles. The molecule has 5 rings (SSSR count). The van der Waals surface area contributed by atoms with Gasteiger partial charge in [-0.05, 0) is 19.0 Å². The monoisotopic (exact) mass is 425 g/mol. The minimum absolute atomic E-state index is 0.279. The van der Waals surface area contributed by atoms with E-state index in [-0.39, 0.29) is 11.2 Å². The van der Waals surface area contributed by atoms with Crippen molar-refractivity contribution in [1.82, 2.24) is 33.6 Å². The predicted octanol–water partition coefficient (Wildman–Crippen LogP) is -0.744. The number of fused-ring (bicyclic) bond motifs is 3. The maximum atomic E-state index is 12.6. The molecule has 0 amide bonds. The lowest BCUT2D eigenvalue weighted by molar-refractivity contribution is 0.254. The first-order valence-electron chi connectivity index (χ1n) is 10.7. The highest BCUT2D eigenvalue weighted by molar-refractivity contribution is 5.75. The average molecular weight is 425 g/mol. The van der Waals surface area contributed by atoms with Crippen LogP contribution in [0.3, 0.4) is 0 Å². The summed E-state index contributed by atoms with van der Waals surface area (Å²) in [6.07, 6.45) is 4.58. The summed E-state index contributed by atoms with van der Waals surface area (Å²) in [5, 5.41) is 0. The molecule has 1 fully saturated rings. The van der Waals surface area contributed by atoms with Crippen LogP contribution in [0.15, 0.2) is 28.0 Å². The number of aryl methyl sites for hydroxylation is 1. The Morgan fingerprint density at radius 2 is 1.65 bits per heavy atom. The SMILES string of the molecule is Cn1c(=O)c2c(nc3n2CCN3CCCN2CCN(c3ncccn3)CC2)n(C)c1=O. The zero-order chi connectivity index (χ0) is 21.5. The molecule has 0 bridgehead atoms. The number of hydrogen-bond donors (Lipinski definition) is 0. The Balaban J connectivity index is 1.21. The molecule has 0 N–H and O–H groups in total. The number of hydrogen-bond acceptors (Lipinski definition) is 8. The fourth-order valence-electron chi connectivity index (χ4n) is 4.53. The van der Waals surface area contributed by atoms with Gasteiger partial charge in [0.25, 0.3) is 5.56 Å². The van der Waals surface area contributed by atoms with Gasteiger partial charge in [0.2, 0.25) is 11.9 Å². The molecule has 0 radical (unpaired) electrons. The Labute approximate surface area is 179 Å². The smallest absolute Gasteiger partial charge is 0.332 e. The van der Waals surface area contributed by atoms with Gasteiger partial charge in [0.15, 0.2) is 11.2 Å². The summed E-state index contributed by atoms with van der Waals surface area (Å²) in [4.78, 5) is 45.1. The van der Waals surface area contributed by atoms with Gasteiger partial charge in [-0.2, -0.15) is 4.98 Å². The van der Waals surface area contributed by atoms with Gasteiger partial charge in [-0.25, -0.2) is 14.8 Å². The van der Waals surface area contributed by atoms with Crippen LogP contribution in [0.4, 0.5) is 11.9 Å². The number of rotatable bonds is 5. The van der Waals surface area contributed by atoms with Crippen molar-refractivity contribution in [3.05, 3.63) is 39.3 Å². The summed E-state index contributed by atoms with van der Waals surface area (Å²) in [5.41, 5.74) is 0.355. The number of nitrogens with zero attached hydrogens (tertiary/aromatic N) is 9. The molecule has 31 heavy (non-hydrogen) atoms. The van der Waals surface area contributed by atoms with Crippen LogP contribution in [0.5, 0.6) is 0 Å². The second-order valence-corrected chi connectivity index (χ2v) is 8.16. The van der Waals surface area contributed by atoms with Crippen molar-refractivity contribution in [1.29, 1.82) is 0 Å². The zero-order valence-corrected chi connectivity index (χ0v) is 17.9. The number of anilines is 2. The first-order chi connectivity index (χ1) is 15.0. The fraction of sp³-hybridized carbons (Fsp3) is 0.550. The van der Waals surface area contributed by atoms with Crippen LogP contribution >= 0.6 is 0 Å². The topological polar surface area (TPSA) is 97.3 Å². The lowest BCUT2D eigenvalue weighted by Gasteiger charge is -2.34. The van der Waals surface area contributed by atoms with Crippen LogP contribution < -0.4 is 21.0 Å². The number of aromatic nitrogens is 6. The summed E-state index contributed by atoms with van der Waals surface area (Å²) >= 11 is 0. The van der Waals surface area contributed by atoms with E-state index in [1.165, 1.54) is 11.6 Å². The molecule has 0 atom stereocenters. The molecule has 0 aliphatic carbocycles. The van der Waals surface area contributed by atoms with Crippen molar-refractivity contribution in [2.75, 3.05) is 55.6 Å². The van der Waals surface area contributed by atoms with Crippen molar-refractivity contribution in [2.24, 2.45) is 14.1 Å². The first-order valence-corrected chi connectivity index (χ1v) is 10.7. The Bertz CT molecular complexity index is 1210. The van der Waals surface area contributed by atoms with E-state index in [0.29, 0.717) is 11.2 Å². The maximum Gasteiger partial charge on any atom is 0.332 e. The van der Waals surface area contributed by atoms with Crippen LogP contribution in [-0.2, 0) is 20.6 Å². The number of imidazole rings is 1. The molecular formula is C20H27N9O2. The standard InChI is InChI=1S/C20H27N9O2/c1-24-16-15(17(30)25(2)20(24)31)29-14-13-28(19(29)23-16)8-4-7-26-9-11-27(12-10-26)18-21-5-3-6-22-18/h3,5-6H,4,7-14H2,1-2H3. The van der Waals surface area contributed by atoms with E-state index in [1.807, 2.05) is 10.6 Å². The van der Waals surface area contributed by atoms with Crippen molar-refractivity contribution in [2.45, 2.75) is 13.0 Å². The summed E-state index contributed by atoms with van der Waals surface area (Å²) in [5.74, 6) is 1.60. The largest absolute Gasteiger partial charge is 0.340 e. The molecule has 2 aliphatic heterocycles. The second-order valence-electron chi connectivity index (χ2n) is 8.16. The Kier molecular flexibility index (Phi) is 4.97. The molecule has 2 aliphatic rings. The Morgan fingerprint density at radius 3 is 2.39 bits per heavy atom. The fourth-order valence-corrected chi connectivity index (χ4v) is 4.53. The zero-order valence-electron chi connectivity index (χ0n) is 17.9. The maximum absolute atomic E-state index is 12.6. The lowest BCUT2D eigenvalue weighted by Crippen LogP contribution is -2.47. The highest BCUT2D eigenvalue weighted by atomic mass is 16.2. The summed E-state index contributed by atoms with van der Waals surface area (Å²) < 4.78 is 4.56. The van der Waals surface area contributed by atoms with Crippen LogP contribution in [0.25, 0.3) is 11.2 Å². The Morgan fingerprint density at radius 1 is 0.903 bits per heavy atom. The minimum atomic E-state index is -0.346. The molecule has 11 nitrogen and oxygen atoms in total. The van der Waals surface area contributed by atoms with Gasteiger partial charge < -0.3 is 14.4 Å². The molecule has 0 unspecified atom stereocenters. The van der Waals surface area contributed by atoms with Gasteiger partial charge in [0.05, 0.1) is 0 Å². The molecule has 0 aromatic carbocycles. The lowest BCUT2D eigenvalue weighted by atomic mass is 10.3. The van der Waals surface area contributed by atoms with E-state index in [9.17, 15) is 9.59 Å². The van der Waals surface area contributed by atoms with E-state index in [1.54, 1.807) is 19.4 Å². The van der Waals surface area contributed by atoms with Gasteiger partial charge in [0, 0.05) is 72.3 Å². The number of piperazine rings is 1. The van der Waals surface area contributed by atoms with Crippen LogP contribution in [0, 0.1) is 0 Å². The highest BCUT2D eigenvalue weighted by Gasteiger charge is 2.27. The normalized spacial score (nSPS) is 17.0. The third kappa shape index (κ3) is 3.38. The van der Waals surface area contributed by atoms with Crippen molar-refractivity contribution >= 4 is 23.1 Å². The van der Waals surface area contributed by atoms with E-state index >= 15 is 0 Å². The van der Waals surface area contributed by atoms with E-state index in [0.717, 1.165) is 75.2 Å². The van der Waals surface area contributed by atoms with Gasteiger partial charge in [-0.3, -0.25) is 18.8 Å². The van der Waals surface area contributed by atoms with Gasteiger partial charge in [0.1, 0.15) is 0 Å². The summed E-state index contributed by atoms with van der Waals surface area (Å²) in [6.45, 7) is 7.30. The molecule has 3 aromatic rings. The molecule has 11 heteroatoms. The average Bonchev–Trinajstić information content (AvgIpc) is 3.37. The van der Waals surface area contributed by atoms with E-state index in [4.69, 9.17) is 0 Å². The quantitative estimate of drug-likeness (QED) is 0.527. The predicted molar refractivity (Wildman–Crippen MR) is 118 cm³/mol. The van der Waals surface area contributed by atoms with Gasteiger partial charge >= 0.3 is 5.69 Å². The minimum Gasteiger partial charge on any atom is -0.340 e. The summed E-state index contributed by atoms with van der Waals surface area (Å²) in [6, 6.07) is 1.84. The second kappa shape index (κ2) is 7.80. The van der Waals surface area contributed by atoms with Gasteiger partial charge in [-0.1, -0.05) is 0 Å². The highest BCUT2D eigenvalue weighted by Crippen LogP contribution is 2.24. The van der Waals surface area contributed by atoms with E-state index in [2.05, 4.69) is 29.7 Å². The first kappa shape index (κ1) is 19.7.